The topological polar surface area (TPSA) is 83.8 Å². The molecule has 1 N–H and O–H groups in total. The van der Waals surface area contributed by atoms with Gasteiger partial charge in [0.15, 0.2) is 5.82 Å². The van der Waals surface area contributed by atoms with E-state index in [2.05, 4.69) is 25.8 Å². The van der Waals surface area contributed by atoms with Crippen LogP contribution in [-0.2, 0) is 4.74 Å². The van der Waals surface area contributed by atoms with E-state index in [9.17, 15) is 13.9 Å². The van der Waals surface area contributed by atoms with Crippen molar-refractivity contribution < 1.29 is 32.1 Å². The molecule has 234 valence electrons. The van der Waals surface area contributed by atoms with Crippen LogP contribution in [0.15, 0.2) is 30.5 Å². The van der Waals surface area contributed by atoms with Crippen molar-refractivity contribution in [3.8, 4) is 35.4 Å². The number of anilines is 1. The van der Waals surface area contributed by atoms with E-state index in [1.165, 1.54) is 37.4 Å². The smallest absolute Gasteiger partial charge is 0.319 e. The summed E-state index contributed by atoms with van der Waals surface area (Å²) in [7, 11) is 0. The van der Waals surface area contributed by atoms with Crippen LogP contribution in [0.25, 0.3) is 32.9 Å². The molecule has 0 aliphatic carbocycles. The van der Waals surface area contributed by atoms with Crippen LogP contribution in [0.4, 0.5) is 23.4 Å². The van der Waals surface area contributed by atoms with Crippen molar-refractivity contribution in [1.82, 2.24) is 19.9 Å². The van der Waals surface area contributed by atoms with Crippen LogP contribution in [0.3, 0.4) is 0 Å². The van der Waals surface area contributed by atoms with Gasteiger partial charge in [-0.25, -0.2) is 17.6 Å². The number of phenols is 1. The fraction of sp³-hybridized carbons (Fsp3) is 0.424. The predicted molar refractivity (Wildman–Crippen MR) is 161 cm³/mol. The van der Waals surface area contributed by atoms with E-state index < -0.39 is 29.0 Å². The van der Waals surface area contributed by atoms with Gasteiger partial charge < -0.3 is 19.5 Å². The molecule has 3 aliphatic heterocycles. The van der Waals surface area contributed by atoms with Crippen LogP contribution in [-0.4, -0.2) is 88.3 Å². The van der Waals surface area contributed by atoms with Gasteiger partial charge in [0.05, 0.1) is 36.2 Å². The molecule has 0 saturated carbocycles. The fourth-order valence-corrected chi connectivity index (χ4v) is 7.08. The number of ether oxygens (including phenoxy) is 2. The van der Waals surface area contributed by atoms with E-state index in [4.69, 9.17) is 15.9 Å². The molecule has 2 aromatic heterocycles. The molecule has 8 nitrogen and oxygen atoms in total. The number of halogens is 4. The molecule has 2 aromatic carbocycles. The lowest BCUT2D eigenvalue weighted by Gasteiger charge is -2.31. The summed E-state index contributed by atoms with van der Waals surface area (Å²) in [5, 5.41) is 11.3. The number of aromatic nitrogens is 3. The molecule has 7 rings (SSSR count). The minimum Gasteiger partial charge on any atom is -0.508 e. The zero-order chi connectivity index (χ0) is 31.5. The van der Waals surface area contributed by atoms with Crippen molar-refractivity contribution in [1.29, 1.82) is 0 Å². The van der Waals surface area contributed by atoms with Crippen LogP contribution < -0.4 is 9.64 Å². The number of benzene rings is 2. The highest BCUT2D eigenvalue weighted by Crippen LogP contribution is 2.42. The standard InChI is InChI=1S/C33H31F4N5O3/c1-3-22-25(35)6-5-19-11-21(43)12-23(26(19)22)28-27(36)29-24(14-38-28)30(41-9-10-44-17-32(2,37)16-41)40-31(39-29)45-18-33-7-4-8-42(33)15-20(34)13-33/h1,5-6,11-12,14,20,43H,4,7-10,13,15-18H2,2H3/t20-,32?,33+/m1/s1. The number of rotatable bonds is 5. The number of hydrogen-bond acceptors (Lipinski definition) is 8. The molecular weight excluding hydrogens is 590 g/mol. The third-order valence-electron chi connectivity index (χ3n) is 9.05. The molecular formula is C33H31F4N5O3. The number of aromatic hydroxyl groups is 1. The molecule has 12 heteroatoms. The van der Waals surface area contributed by atoms with Gasteiger partial charge in [-0.3, -0.25) is 9.88 Å². The number of nitrogens with zero attached hydrogens (tertiary/aromatic N) is 5. The van der Waals surface area contributed by atoms with Crippen molar-refractivity contribution in [2.24, 2.45) is 0 Å². The van der Waals surface area contributed by atoms with Gasteiger partial charge in [-0.1, -0.05) is 12.0 Å². The lowest BCUT2D eigenvalue weighted by Crippen LogP contribution is -2.43. The number of alkyl halides is 2. The van der Waals surface area contributed by atoms with Gasteiger partial charge in [0.2, 0.25) is 0 Å². The summed E-state index contributed by atoms with van der Waals surface area (Å²) < 4.78 is 72.8. The van der Waals surface area contributed by atoms with Crippen molar-refractivity contribution in [2.45, 2.75) is 43.6 Å². The first-order chi connectivity index (χ1) is 21.6. The van der Waals surface area contributed by atoms with E-state index in [1.54, 1.807) is 4.90 Å². The van der Waals surface area contributed by atoms with Gasteiger partial charge >= 0.3 is 6.01 Å². The Balaban J connectivity index is 1.39. The Hall–Kier alpha value is -4.21. The Morgan fingerprint density at radius 3 is 2.89 bits per heavy atom. The molecule has 45 heavy (non-hydrogen) atoms. The predicted octanol–water partition coefficient (Wildman–Crippen LogP) is 5.33. The van der Waals surface area contributed by atoms with Crippen LogP contribution in [0.1, 0.15) is 31.7 Å². The van der Waals surface area contributed by atoms with Crippen molar-refractivity contribution in [2.75, 3.05) is 50.9 Å². The van der Waals surface area contributed by atoms with Crippen molar-refractivity contribution in [3.63, 3.8) is 0 Å². The maximum absolute atomic E-state index is 16.7. The van der Waals surface area contributed by atoms with E-state index >= 15 is 8.78 Å². The highest BCUT2D eigenvalue weighted by Gasteiger charge is 2.49. The summed E-state index contributed by atoms with van der Waals surface area (Å²) in [6.45, 7) is 2.87. The largest absolute Gasteiger partial charge is 0.508 e. The molecule has 3 saturated heterocycles. The monoisotopic (exact) mass is 621 g/mol. The van der Waals surface area contributed by atoms with Gasteiger partial charge in [0.25, 0.3) is 0 Å². The lowest BCUT2D eigenvalue weighted by atomic mass is 9.95. The van der Waals surface area contributed by atoms with Crippen LogP contribution in [0.2, 0.25) is 0 Å². The zero-order valence-electron chi connectivity index (χ0n) is 24.6. The van der Waals surface area contributed by atoms with Gasteiger partial charge in [0.1, 0.15) is 47.0 Å². The van der Waals surface area contributed by atoms with Crippen LogP contribution >= 0.6 is 0 Å². The summed E-state index contributed by atoms with van der Waals surface area (Å²) in [6, 6.07) is 5.13. The van der Waals surface area contributed by atoms with Gasteiger partial charge in [-0.05, 0) is 49.9 Å². The Bertz CT molecular complexity index is 1860. The second-order valence-electron chi connectivity index (χ2n) is 12.4. The third-order valence-corrected chi connectivity index (χ3v) is 9.05. The molecule has 0 radical (unpaired) electrons. The molecule has 4 aromatic rings. The highest BCUT2D eigenvalue weighted by atomic mass is 19.1. The second kappa shape index (κ2) is 11.0. The summed E-state index contributed by atoms with van der Waals surface area (Å²) in [4.78, 5) is 17.2. The van der Waals surface area contributed by atoms with E-state index in [0.717, 1.165) is 19.4 Å². The van der Waals surface area contributed by atoms with Gasteiger partial charge in [-0.2, -0.15) is 9.97 Å². The maximum atomic E-state index is 16.7. The Morgan fingerprint density at radius 2 is 2.07 bits per heavy atom. The number of terminal acetylenes is 1. The fourth-order valence-electron chi connectivity index (χ4n) is 7.08. The van der Waals surface area contributed by atoms with E-state index in [0.29, 0.717) is 18.4 Å². The average molecular weight is 622 g/mol. The Kier molecular flexibility index (Phi) is 7.21. The summed E-state index contributed by atoms with van der Waals surface area (Å²) in [5.74, 6) is 0.760. The van der Waals surface area contributed by atoms with Gasteiger partial charge in [-0.15, -0.1) is 6.42 Å². The first kappa shape index (κ1) is 29.5. The number of phenolic OH excluding ortho intramolecular Hbond substituents is 1. The zero-order valence-corrected chi connectivity index (χ0v) is 24.6. The van der Waals surface area contributed by atoms with Crippen molar-refractivity contribution >= 4 is 27.5 Å². The molecule has 0 spiro atoms. The third kappa shape index (κ3) is 5.17. The maximum Gasteiger partial charge on any atom is 0.319 e. The number of hydrogen-bond donors (Lipinski definition) is 1. The quantitative estimate of drug-likeness (QED) is 0.237. The highest BCUT2D eigenvalue weighted by molar-refractivity contribution is 6.03. The molecule has 3 atom stereocenters. The van der Waals surface area contributed by atoms with Crippen molar-refractivity contribution in [3.05, 3.63) is 47.7 Å². The molecule has 1 unspecified atom stereocenters. The summed E-state index contributed by atoms with van der Waals surface area (Å²) in [6.07, 6.45) is 8.01. The first-order valence-corrected chi connectivity index (χ1v) is 14.9. The summed E-state index contributed by atoms with van der Waals surface area (Å²) >= 11 is 0. The molecule has 0 bridgehead atoms. The summed E-state index contributed by atoms with van der Waals surface area (Å²) in [5.41, 5.74) is -2.67. The Morgan fingerprint density at radius 1 is 1.22 bits per heavy atom. The molecule has 5 heterocycles. The first-order valence-electron chi connectivity index (χ1n) is 14.9. The molecule has 3 aliphatic rings. The minimum atomic E-state index is -1.72. The normalized spacial score (nSPS) is 25.4. The van der Waals surface area contributed by atoms with E-state index in [1.807, 2.05) is 0 Å². The van der Waals surface area contributed by atoms with Gasteiger partial charge in [0, 0.05) is 36.7 Å². The number of fused-ring (bicyclic) bond motifs is 3. The Labute approximate surface area is 257 Å². The SMILES string of the molecule is C#Cc1c(F)ccc2cc(O)cc(-c3ncc4c(N5CCOCC(C)(F)C5)nc(OC[C@@]56CCCN5C[C@H](F)C6)nc4c3F)c12. The average Bonchev–Trinajstić information content (AvgIpc) is 3.46. The van der Waals surface area contributed by atoms with E-state index in [-0.39, 0.29) is 83.6 Å². The lowest BCUT2D eigenvalue weighted by molar-refractivity contribution is 0.0508. The van der Waals surface area contributed by atoms with Crippen LogP contribution in [0, 0.1) is 24.0 Å². The molecule has 3 fully saturated rings. The molecule has 0 amide bonds. The number of pyridine rings is 1. The van der Waals surface area contributed by atoms with Crippen LogP contribution in [0.5, 0.6) is 11.8 Å². The second-order valence-corrected chi connectivity index (χ2v) is 12.4. The minimum absolute atomic E-state index is 0.0689.